The molecule has 0 aliphatic carbocycles. The molecule has 1 heterocycles. The molecule has 0 fully saturated rings. The van der Waals surface area contributed by atoms with Crippen molar-refractivity contribution < 1.29 is 4.79 Å². The molecule has 1 rings (SSSR count). The van der Waals surface area contributed by atoms with Crippen molar-refractivity contribution in [2.45, 2.75) is 26.7 Å². The fourth-order valence-electron chi connectivity index (χ4n) is 1.74. The maximum absolute atomic E-state index is 11.6. The number of hydrogen-bond acceptors (Lipinski definition) is 4. The second kappa shape index (κ2) is 7.81. The molecule has 1 N–H and O–H groups in total. The molecule has 6 nitrogen and oxygen atoms in total. The Hall–Kier alpha value is -1.43. The van der Waals surface area contributed by atoms with Crippen molar-refractivity contribution in [2.24, 2.45) is 7.05 Å². The zero-order chi connectivity index (χ0) is 13.4. The normalized spacial score (nSPS) is 10.9. The number of amides is 1. The smallest absolute Gasteiger partial charge is 0.273 e. The van der Waals surface area contributed by atoms with E-state index in [1.807, 2.05) is 0 Å². The number of hydrogen-bond donors (Lipinski definition) is 1. The van der Waals surface area contributed by atoms with Gasteiger partial charge < -0.3 is 10.2 Å². The van der Waals surface area contributed by atoms with Crippen LogP contribution >= 0.6 is 0 Å². The summed E-state index contributed by atoms with van der Waals surface area (Å²) >= 11 is 0. The average molecular weight is 253 g/mol. The summed E-state index contributed by atoms with van der Waals surface area (Å²) in [6.07, 6.45) is 3.70. The van der Waals surface area contributed by atoms with Gasteiger partial charge in [-0.05, 0) is 32.5 Å². The Morgan fingerprint density at radius 3 is 2.67 bits per heavy atom. The van der Waals surface area contributed by atoms with Crippen LogP contribution in [0.15, 0.2) is 6.20 Å². The van der Waals surface area contributed by atoms with Gasteiger partial charge in [0.15, 0.2) is 5.69 Å². The Balaban J connectivity index is 2.13. The van der Waals surface area contributed by atoms with Gasteiger partial charge in [0.2, 0.25) is 0 Å². The molecule has 0 spiro atoms. The van der Waals surface area contributed by atoms with E-state index < -0.39 is 0 Å². The first-order valence-electron chi connectivity index (χ1n) is 6.54. The summed E-state index contributed by atoms with van der Waals surface area (Å²) in [5.74, 6) is -0.147. The van der Waals surface area contributed by atoms with Crippen LogP contribution in [0.25, 0.3) is 0 Å². The summed E-state index contributed by atoms with van der Waals surface area (Å²) in [5.41, 5.74) is 0.376. The van der Waals surface area contributed by atoms with Crippen LogP contribution in [0.1, 0.15) is 37.2 Å². The van der Waals surface area contributed by atoms with Crippen LogP contribution in [-0.2, 0) is 7.05 Å². The Morgan fingerprint density at radius 2 is 2.11 bits per heavy atom. The van der Waals surface area contributed by atoms with Gasteiger partial charge in [0.1, 0.15) is 0 Å². The maximum atomic E-state index is 11.6. The first kappa shape index (κ1) is 14.6. The number of unbranched alkanes of at least 4 members (excludes halogenated alkanes) is 1. The zero-order valence-corrected chi connectivity index (χ0v) is 11.5. The third-order valence-electron chi connectivity index (χ3n) is 2.92. The highest BCUT2D eigenvalue weighted by atomic mass is 16.1. The Morgan fingerprint density at radius 1 is 1.39 bits per heavy atom. The molecular weight excluding hydrogens is 230 g/mol. The number of rotatable bonds is 8. The van der Waals surface area contributed by atoms with Gasteiger partial charge in [-0.1, -0.05) is 19.1 Å². The standard InChI is InChI=1S/C12H23N5O/c1-4-17(5-2)9-7-6-8-13-12(18)11-10-16(3)15-14-11/h10H,4-9H2,1-3H3,(H,13,18). The third-order valence-corrected chi connectivity index (χ3v) is 2.92. The predicted molar refractivity (Wildman–Crippen MR) is 70.4 cm³/mol. The topological polar surface area (TPSA) is 63.1 Å². The molecule has 0 saturated carbocycles. The van der Waals surface area contributed by atoms with Gasteiger partial charge in [-0.2, -0.15) is 0 Å². The third kappa shape index (κ3) is 4.83. The molecule has 0 unspecified atom stereocenters. The van der Waals surface area contributed by atoms with Crippen LogP contribution in [0.3, 0.4) is 0 Å². The van der Waals surface area contributed by atoms with E-state index >= 15 is 0 Å². The van der Waals surface area contributed by atoms with E-state index in [-0.39, 0.29) is 5.91 Å². The summed E-state index contributed by atoms with van der Waals surface area (Å²) in [7, 11) is 1.74. The molecule has 18 heavy (non-hydrogen) atoms. The van der Waals surface area contributed by atoms with Gasteiger partial charge in [0.05, 0.1) is 6.20 Å². The van der Waals surface area contributed by atoms with Crippen molar-refractivity contribution in [3.63, 3.8) is 0 Å². The molecular formula is C12H23N5O. The number of aromatic nitrogens is 3. The van der Waals surface area contributed by atoms with Crippen LogP contribution in [0.4, 0.5) is 0 Å². The second-order valence-electron chi connectivity index (χ2n) is 4.27. The largest absolute Gasteiger partial charge is 0.351 e. The molecule has 0 aliphatic rings. The minimum Gasteiger partial charge on any atom is -0.351 e. The number of aryl methyl sites for hydroxylation is 1. The van der Waals surface area contributed by atoms with Gasteiger partial charge in [-0.3, -0.25) is 9.48 Å². The van der Waals surface area contributed by atoms with E-state index in [0.29, 0.717) is 12.2 Å². The fraction of sp³-hybridized carbons (Fsp3) is 0.750. The number of carbonyl (C=O) groups excluding carboxylic acids is 1. The Labute approximate surface area is 108 Å². The molecule has 0 atom stereocenters. The molecule has 1 aromatic rings. The molecule has 0 radical (unpaired) electrons. The Kier molecular flexibility index (Phi) is 6.35. The molecule has 1 aromatic heterocycles. The van der Waals surface area contributed by atoms with Crippen molar-refractivity contribution in [1.82, 2.24) is 25.2 Å². The highest BCUT2D eigenvalue weighted by Gasteiger charge is 2.08. The molecule has 6 heteroatoms. The molecule has 102 valence electrons. The maximum Gasteiger partial charge on any atom is 0.273 e. The summed E-state index contributed by atoms with van der Waals surface area (Å²) in [6.45, 7) is 8.29. The minimum absolute atomic E-state index is 0.147. The highest BCUT2D eigenvalue weighted by molar-refractivity contribution is 5.91. The number of carbonyl (C=O) groups is 1. The Bertz CT molecular complexity index is 359. The van der Waals surface area contributed by atoms with Crippen LogP contribution in [-0.4, -0.2) is 52.0 Å². The summed E-state index contributed by atoms with van der Waals surface area (Å²) in [4.78, 5) is 14.0. The fourth-order valence-corrected chi connectivity index (χ4v) is 1.74. The molecule has 1 amide bonds. The van der Waals surface area contributed by atoms with Gasteiger partial charge in [0.25, 0.3) is 5.91 Å². The number of nitrogens with zero attached hydrogens (tertiary/aromatic N) is 4. The van der Waals surface area contributed by atoms with Crippen LogP contribution in [0.2, 0.25) is 0 Å². The van der Waals surface area contributed by atoms with E-state index in [0.717, 1.165) is 32.5 Å². The zero-order valence-electron chi connectivity index (χ0n) is 11.5. The lowest BCUT2D eigenvalue weighted by atomic mass is 10.3. The average Bonchev–Trinajstić information content (AvgIpc) is 2.80. The predicted octanol–water partition coefficient (Wildman–Crippen LogP) is 0.667. The van der Waals surface area contributed by atoms with Crippen LogP contribution < -0.4 is 5.32 Å². The van der Waals surface area contributed by atoms with Gasteiger partial charge in [0, 0.05) is 13.6 Å². The molecule has 0 saturated heterocycles. The summed E-state index contributed by atoms with van der Waals surface area (Å²) in [5, 5.41) is 10.3. The first-order valence-corrected chi connectivity index (χ1v) is 6.54. The summed E-state index contributed by atoms with van der Waals surface area (Å²) in [6, 6.07) is 0. The lowest BCUT2D eigenvalue weighted by Gasteiger charge is -2.17. The minimum atomic E-state index is -0.147. The number of nitrogens with one attached hydrogen (secondary N) is 1. The molecule has 0 bridgehead atoms. The van der Waals surface area contributed by atoms with E-state index in [9.17, 15) is 4.79 Å². The SMILES string of the molecule is CCN(CC)CCCCNC(=O)c1cn(C)nn1. The first-order chi connectivity index (χ1) is 8.67. The van der Waals surface area contributed by atoms with Gasteiger partial charge in [-0.15, -0.1) is 5.10 Å². The van der Waals surface area contributed by atoms with E-state index in [2.05, 4.69) is 34.4 Å². The lowest BCUT2D eigenvalue weighted by Crippen LogP contribution is -2.27. The van der Waals surface area contributed by atoms with Crippen molar-refractivity contribution >= 4 is 5.91 Å². The van der Waals surface area contributed by atoms with E-state index in [4.69, 9.17) is 0 Å². The highest BCUT2D eigenvalue weighted by Crippen LogP contribution is 1.95. The summed E-state index contributed by atoms with van der Waals surface area (Å²) < 4.78 is 1.52. The second-order valence-corrected chi connectivity index (χ2v) is 4.27. The van der Waals surface area contributed by atoms with Gasteiger partial charge >= 0.3 is 0 Å². The van der Waals surface area contributed by atoms with E-state index in [1.54, 1.807) is 13.2 Å². The quantitative estimate of drug-likeness (QED) is 0.692. The van der Waals surface area contributed by atoms with E-state index in [1.165, 1.54) is 4.68 Å². The van der Waals surface area contributed by atoms with Crippen LogP contribution in [0.5, 0.6) is 0 Å². The monoisotopic (exact) mass is 253 g/mol. The van der Waals surface area contributed by atoms with Crippen molar-refractivity contribution in [3.05, 3.63) is 11.9 Å². The lowest BCUT2D eigenvalue weighted by molar-refractivity contribution is 0.0947. The van der Waals surface area contributed by atoms with Crippen LogP contribution in [0, 0.1) is 0 Å². The van der Waals surface area contributed by atoms with Crippen molar-refractivity contribution in [3.8, 4) is 0 Å². The molecule has 0 aliphatic heterocycles. The molecule has 0 aromatic carbocycles. The van der Waals surface area contributed by atoms with Gasteiger partial charge in [-0.25, -0.2) is 0 Å². The van der Waals surface area contributed by atoms with Crippen molar-refractivity contribution in [2.75, 3.05) is 26.2 Å². The van der Waals surface area contributed by atoms with Crippen molar-refractivity contribution in [1.29, 1.82) is 0 Å².